The average Bonchev–Trinajstić information content (AvgIpc) is 2.59. The summed E-state index contributed by atoms with van der Waals surface area (Å²) < 4.78 is 5.35. The fourth-order valence-corrected chi connectivity index (χ4v) is 5.90. The molecule has 0 unspecified atom stereocenters. The van der Waals surface area contributed by atoms with Gasteiger partial charge in [-0.15, -0.1) is 0 Å². The van der Waals surface area contributed by atoms with Gasteiger partial charge in [0.15, 0.2) is 6.10 Å². The van der Waals surface area contributed by atoms with Crippen LogP contribution in [0.5, 0.6) is 0 Å². The van der Waals surface area contributed by atoms with Crippen LogP contribution in [0.3, 0.4) is 0 Å². The molecule has 0 aliphatic heterocycles. The normalized spacial score (nSPS) is 31.3. The Morgan fingerprint density at radius 1 is 1.18 bits per heavy atom. The van der Waals surface area contributed by atoms with Crippen molar-refractivity contribution in [1.82, 2.24) is 5.32 Å². The van der Waals surface area contributed by atoms with Crippen LogP contribution in [-0.4, -0.2) is 28.4 Å². The first-order chi connectivity index (χ1) is 13.2. The number of aryl methyl sites for hydroxylation is 1. The highest BCUT2D eigenvalue weighted by Crippen LogP contribution is 2.55. The Morgan fingerprint density at radius 2 is 1.75 bits per heavy atom. The molecule has 1 atom stereocenters. The summed E-state index contributed by atoms with van der Waals surface area (Å²) in [5.41, 5.74) is 0.406. The summed E-state index contributed by atoms with van der Waals surface area (Å²) in [5.74, 6) is 1.24. The maximum absolute atomic E-state index is 12.7. The zero-order valence-corrected chi connectivity index (χ0v) is 16.3. The number of nitrogens with one attached hydrogen (secondary N) is 1. The SMILES string of the molecule is Cc1cc(C(=O)O[C@@H](C)C(=O)NC23CC4CC(CC(C4)C2)C3)ccc1[N+](=O)[O-]. The highest BCUT2D eigenvalue weighted by atomic mass is 16.6. The number of esters is 1. The van der Waals surface area contributed by atoms with Crippen LogP contribution in [-0.2, 0) is 9.53 Å². The number of nitro benzene ring substituents is 1. The Kier molecular flexibility index (Phi) is 4.63. The smallest absolute Gasteiger partial charge is 0.338 e. The highest BCUT2D eigenvalue weighted by molar-refractivity contribution is 5.92. The number of hydrogen-bond donors (Lipinski definition) is 1. The summed E-state index contributed by atoms with van der Waals surface area (Å²) in [6, 6.07) is 4.06. The molecule has 0 heterocycles. The monoisotopic (exact) mass is 386 g/mol. The molecule has 0 aromatic heterocycles. The van der Waals surface area contributed by atoms with Crippen molar-refractivity contribution in [3.63, 3.8) is 0 Å². The molecule has 1 N–H and O–H groups in total. The number of rotatable bonds is 5. The van der Waals surface area contributed by atoms with Crippen molar-refractivity contribution in [1.29, 1.82) is 0 Å². The van der Waals surface area contributed by atoms with Gasteiger partial charge in [-0.05, 0) is 82.3 Å². The zero-order valence-electron chi connectivity index (χ0n) is 16.3. The quantitative estimate of drug-likeness (QED) is 0.474. The van der Waals surface area contributed by atoms with Gasteiger partial charge in [-0.3, -0.25) is 14.9 Å². The van der Waals surface area contributed by atoms with E-state index in [4.69, 9.17) is 4.74 Å². The molecule has 7 heteroatoms. The molecule has 4 bridgehead atoms. The van der Waals surface area contributed by atoms with Crippen LogP contribution in [0.15, 0.2) is 18.2 Å². The predicted octanol–water partition coefficient (Wildman–Crippen LogP) is 3.53. The molecule has 4 aliphatic carbocycles. The third-order valence-corrected chi connectivity index (χ3v) is 6.71. The lowest BCUT2D eigenvalue weighted by molar-refractivity contribution is -0.385. The van der Waals surface area contributed by atoms with Gasteiger partial charge in [0.05, 0.1) is 10.5 Å². The molecule has 1 aromatic carbocycles. The van der Waals surface area contributed by atoms with Gasteiger partial charge in [-0.2, -0.15) is 0 Å². The number of nitro groups is 1. The molecule has 5 rings (SSSR count). The van der Waals surface area contributed by atoms with Crippen LogP contribution in [0.1, 0.15) is 61.4 Å². The minimum Gasteiger partial charge on any atom is -0.449 e. The standard InChI is InChI=1S/C21H26N2O5/c1-12-5-17(3-4-18(12)23(26)27)20(25)28-13(2)19(24)22-21-9-14-6-15(10-21)8-16(7-14)11-21/h3-5,13-16H,6-11H2,1-2H3,(H,22,24)/t13-,14?,15?,16?,21?/m0/s1. The maximum Gasteiger partial charge on any atom is 0.338 e. The molecule has 1 amide bonds. The summed E-state index contributed by atoms with van der Waals surface area (Å²) in [5, 5.41) is 14.1. The molecular formula is C21H26N2O5. The van der Waals surface area contributed by atoms with Crippen LogP contribution in [0.4, 0.5) is 5.69 Å². The van der Waals surface area contributed by atoms with E-state index in [1.54, 1.807) is 13.8 Å². The number of ether oxygens (including phenoxy) is 1. The van der Waals surface area contributed by atoms with Crippen molar-refractivity contribution in [3.8, 4) is 0 Å². The van der Waals surface area contributed by atoms with Gasteiger partial charge in [0.2, 0.25) is 0 Å². The van der Waals surface area contributed by atoms with Crippen molar-refractivity contribution >= 4 is 17.6 Å². The molecule has 0 radical (unpaired) electrons. The summed E-state index contributed by atoms with van der Waals surface area (Å²) in [6.45, 7) is 3.14. The van der Waals surface area contributed by atoms with E-state index in [9.17, 15) is 19.7 Å². The summed E-state index contributed by atoms with van der Waals surface area (Å²) in [4.78, 5) is 35.5. The molecule has 28 heavy (non-hydrogen) atoms. The molecule has 4 saturated carbocycles. The highest BCUT2D eigenvalue weighted by Gasteiger charge is 2.51. The Labute approximate surface area is 164 Å². The minimum atomic E-state index is -0.906. The average molecular weight is 386 g/mol. The van der Waals surface area contributed by atoms with E-state index in [1.165, 1.54) is 37.5 Å². The summed E-state index contributed by atoms with van der Waals surface area (Å²) >= 11 is 0. The van der Waals surface area contributed by atoms with E-state index in [-0.39, 0.29) is 22.7 Å². The molecule has 1 aromatic rings. The molecular weight excluding hydrogens is 360 g/mol. The van der Waals surface area contributed by atoms with Crippen LogP contribution in [0, 0.1) is 34.8 Å². The molecule has 7 nitrogen and oxygen atoms in total. The molecule has 0 saturated heterocycles. The van der Waals surface area contributed by atoms with Gasteiger partial charge in [0.25, 0.3) is 11.6 Å². The minimum absolute atomic E-state index is 0.0517. The second kappa shape index (κ2) is 6.87. The number of benzene rings is 1. The Balaban J connectivity index is 1.39. The Bertz CT molecular complexity index is 799. The number of hydrogen-bond acceptors (Lipinski definition) is 5. The van der Waals surface area contributed by atoms with Gasteiger partial charge < -0.3 is 10.1 Å². The summed E-state index contributed by atoms with van der Waals surface area (Å²) in [6.07, 6.45) is 6.07. The first-order valence-electron chi connectivity index (χ1n) is 10.0. The predicted molar refractivity (Wildman–Crippen MR) is 102 cm³/mol. The van der Waals surface area contributed by atoms with Crippen LogP contribution in [0.2, 0.25) is 0 Å². The van der Waals surface area contributed by atoms with E-state index in [0.717, 1.165) is 19.3 Å². The topological polar surface area (TPSA) is 98.5 Å². The van der Waals surface area contributed by atoms with Crippen molar-refractivity contribution in [2.45, 2.75) is 64.0 Å². The third kappa shape index (κ3) is 3.50. The van der Waals surface area contributed by atoms with E-state index in [2.05, 4.69) is 5.32 Å². The Morgan fingerprint density at radius 3 is 2.25 bits per heavy atom. The second-order valence-electron chi connectivity index (χ2n) is 8.99. The van der Waals surface area contributed by atoms with Gasteiger partial charge >= 0.3 is 5.97 Å². The zero-order chi connectivity index (χ0) is 20.1. The van der Waals surface area contributed by atoms with Gasteiger partial charge in [0.1, 0.15) is 0 Å². The third-order valence-electron chi connectivity index (χ3n) is 6.71. The molecule has 150 valence electrons. The van der Waals surface area contributed by atoms with E-state index < -0.39 is 17.0 Å². The van der Waals surface area contributed by atoms with Crippen molar-refractivity contribution in [2.24, 2.45) is 17.8 Å². The first-order valence-corrected chi connectivity index (χ1v) is 10.0. The van der Waals surface area contributed by atoms with Crippen molar-refractivity contribution in [3.05, 3.63) is 39.4 Å². The van der Waals surface area contributed by atoms with E-state index in [1.807, 2.05) is 0 Å². The van der Waals surface area contributed by atoms with Crippen molar-refractivity contribution in [2.75, 3.05) is 0 Å². The number of amides is 1. The van der Waals surface area contributed by atoms with Crippen LogP contribution < -0.4 is 5.32 Å². The molecule has 4 aliphatic rings. The fourth-order valence-electron chi connectivity index (χ4n) is 5.90. The largest absolute Gasteiger partial charge is 0.449 e. The van der Waals surface area contributed by atoms with E-state index >= 15 is 0 Å². The molecule has 4 fully saturated rings. The van der Waals surface area contributed by atoms with Crippen LogP contribution >= 0.6 is 0 Å². The van der Waals surface area contributed by atoms with Gasteiger partial charge in [-0.1, -0.05) is 0 Å². The number of carbonyl (C=O) groups excluding carboxylic acids is 2. The fraction of sp³-hybridized carbons (Fsp3) is 0.619. The lowest BCUT2D eigenvalue weighted by Gasteiger charge is -2.57. The Hall–Kier alpha value is -2.44. The van der Waals surface area contributed by atoms with Crippen molar-refractivity contribution < 1.29 is 19.2 Å². The first kappa shape index (κ1) is 18.9. The number of nitrogens with zero attached hydrogens (tertiary/aromatic N) is 1. The number of carbonyl (C=O) groups is 2. The lowest BCUT2D eigenvalue weighted by atomic mass is 9.53. The maximum atomic E-state index is 12.7. The van der Waals surface area contributed by atoms with Crippen LogP contribution in [0.25, 0.3) is 0 Å². The van der Waals surface area contributed by atoms with E-state index in [0.29, 0.717) is 23.3 Å². The second-order valence-corrected chi connectivity index (χ2v) is 8.99. The lowest BCUT2D eigenvalue weighted by Crippen LogP contribution is -2.61. The van der Waals surface area contributed by atoms with Gasteiger partial charge in [-0.25, -0.2) is 4.79 Å². The van der Waals surface area contributed by atoms with Gasteiger partial charge in [0, 0.05) is 17.2 Å². The molecule has 0 spiro atoms. The summed E-state index contributed by atoms with van der Waals surface area (Å²) in [7, 11) is 0.